The van der Waals surface area contributed by atoms with Crippen LogP contribution in [0, 0.1) is 0 Å². The minimum Gasteiger partial charge on any atom is -0.480 e. The Kier molecular flexibility index (Phi) is 5.35. The maximum absolute atomic E-state index is 10.3. The number of halogens is 2. The first-order valence-corrected chi connectivity index (χ1v) is 4.93. The monoisotopic (exact) mass is 272 g/mol. The van der Waals surface area contributed by atoms with Gasteiger partial charge in [-0.25, -0.2) is 0 Å². The molecule has 0 aliphatic heterocycles. The van der Waals surface area contributed by atoms with Crippen molar-refractivity contribution in [2.24, 2.45) is 0 Å². The molecular formula is C6H10Br2O2. The summed E-state index contributed by atoms with van der Waals surface area (Å²) in [7, 11) is 0. The van der Waals surface area contributed by atoms with Gasteiger partial charge in [-0.05, 0) is 6.42 Å². The Hall–Kier alpha value is 0.430. The van der Waals surface area contributed by atoms with E-state index in [9.17, 15) is 4.79 Å². The van der Waals surface area contributed by atoms with Crippen LogP contribution in [-0.2, 0) is 4.79 Å². The van der Waals surface area contributed by atoms with Gasteiger partial charge in [0.25, 0.3) is 0 Å². The molecule has 4 heteroatoms. The highest BCUT2D eigenvalue weighted by Gasteiger charge is 2.21. The molecule has 1 N–H and O–H groups in total. The molecule has 0 amide bonds. The Balaban J connectivity index is 3.69. The summed E-state index contributed by atoms with van der Waals surface area (Å²) in [6, 6.07) is 0. The lowest BCUT2D eigenvalue weighted by Crippen LogP contribution is -2.23. The Morgan fingerprint density at radius 1 is 1.60 bits per heavy atom. The summed E-state index contributed by atoms with van der Waals surface area (Å²) in [6.45, 7) is 2.02. The van der Waals surface area contributed by atoms with E-state index in [1.54, 1.807) is 0 Å². The molecule has 0 unspecified atom stereocenters. The van der Waals surface area contributed by atoms with E-state index in [2.05, 4.69) is 31.9 Å². The van der Waals surface area contributed by atoms with Crippen LogP contribution in [0.25, 0.3) is 0 Å². The Bertz CT molecular complexity index is 116. The number of hydrogen-bond acceptors (Lipinski definition) is 1. The summed E-state index contributed by atoms with van der Waals surface area (Å²) in [5.41, 5.74) is 0. The molecule has 0 rings (SSSR count). The summed E-state index contributed by atoms with van der Waals surface area (Å²) in [4.78, 5) is 9.91. The Morgan fingerprint density at radius 3 is 2.40 bits per heavy atom. The SMILES string of the molecule is CCC[C@@H](Br)[C@@H](Br)C(=O)O. The van der Waals surface area contributed by atoms with Crippen molar-refractivity contribution in [3.63, 3.8) is 0 Å². The predicted molar refractivity (Wildman–Crippen MR) is 48.0 cm³/mol. The molecule has 10 heavy (non-hydrogen) atoms. The van der Waals surface area contributed by atoms with E-state index in [1.807, 2.05) is 6.92 Å². The molecule has 0 aliphatic carbocycles. The number of rotatable bonds is 4. The fourth-order valence-corrected chi connectivity index (χ4v) is 1.53. The highest BCUT2D eigenvalue weighted by Crippen LogP contribution is 2.18. The van der Waals surface area contributed by atoms with Crippen LogP contribution in [-0.4, -0.2) is 20.7 Å². The van der Waals surface area contributed by atoms with Crippen molar-refractivity contribution in [2.45, 2.75) is 29.4 Å². The zero-order valence-electron chi connectivity index (χ0n) is 5.68. The van der Waals surface area contributed by atoms with Crippen LogP contribution in [0.1, 0.15) is 19.8 Å². The molecule has 0 spiro atoms. The number of carbonyl (C=O) groups is 1. The minimum absolute atomic E-state index is 0.0370. The van der Waals surface area contributed by atoms with Gasteiger partial charge in [0.2, 0.25) is 0 Å². The van der Waals surface area contributed by atoms with E-state index in [0.29, 0.717) is 0 Å². The Labute approximate surface area is 77.3 Å². The molecule has 0 bridgehead atoms. The average Bonchev–Trinajstić information content (AvgIpc) is 1.87. The van der Waals surface area contributed by atoms with Crippen LogP contribution in [0.2, 0.25) is 0 Å². The standard InChI is InChI=1S/C6H10Br2O2/c1-2-3-4(7)5(8)6(9)10/h4-5H,2-3H2,1H3,(H,9,10)/t4-,5-/m1/s1. The molecule has 0 radical (unpaired) electrons. The van der Waals surface area contributed by atoms with E-state index in [1.165, 1.54) is 0 Å². The van der Waals surface area contributed by atoms with Crippen LogP contribution in [0.3, 0.4) is 0 Å². The summed E-state index contributed by atoms with van der Waals surface area (Å²) < 4.78 is 0. The van der Waals surface area contributed by atoms with Crippen molar-refractivity contribution in [3.8, 4) is 0 Å². The van der Waals surface area contributed by atoms with Gasteiger partial charge in [0, 0.05) is 4.83 Å². The highest BCUT2D eigenvalue weighted by atomic mass is 79.9. The normalized spacial score (nSPS) is 16.3. The molecule has 0 saturated heterocycles. The molecule has 0 aromatic rings. The van der Waals surface area contributed by atoms with Gasteiger partial charge in [-0.3, -0.25) is 4.79 Å². The van der Waals surface area contributed by atoms with Gasteiger partial charge in [-0.2, -0.15) is 0 Å². The lowest BCUT2D eigenvalue weighted by Gasteiger charge is -2.10. The third-order valence-corrected chi connectivity index (χ3v) is 3.84. The molecule has 0 saturated carbocycles. The van der Waals surface area contributed by atoms with Crippen molar-refractivity contribution >= 4 is 37.8 Å². The molecule has 2 nitrogen and oxygen atoms in total. The maximum Gasteiger partial charge on any atom is 0.318 e. The number of carboxylic acids is 1. The quantitative estimate of drug-likeness (QED) is 0.799. The second kappa shape index (κ2) is 5.13. The van der Waals surface area contributed by atoms with E-state index in [-0.39, 0.29) is 4.83 Å². The summed E-state index contributed by atoms with van der Waals surface area (Å²) >= 11 is 6.34. The maximum atomic E-state index is 10.3. The van der Waals surface area contributed by atoms with Gasteiger partial charge in [-0.1, -0.05) is 45.2 Å². The first-order valence-electron chi connectivity index (χ1n) is 3.10. The second-order valence-electron chi connectivity index (χ2n) is 2.04. The summed E-state index contributed by atoms with van der Waals surface area (Å²) in [5.74, 6) is -0.810. The topological polar surface area (TPSA) is 37.3 Å². The fourth-order valence-electron chi connectivity index (χ4n) is 0.577. The first-order chi connectivity index (χ1) is 4.59. The van der Waals surface area contributed by atoms with Crippen LogP contribution < -0.4 is 0 Å². The zero-order chi connectivity index (χ0) is 8.15. The van der Waals surface area contributed by atoms with Gasteiger partial charge >= 0.3 is 5.97 Å². The molecule has 60 valence electrons. The fraction of sp³-hybridized carbons (Fsp3) is 0.833. The van der Waals surface area contributed by atoms with Gasteiger partial charge in [0.05, 0.1) is 0 Å². The molecule has 0 fully saturated rings. The molecule has 0 heterocycles. The van der Waals surface area contributed by atoms with Crippen LogP contribution in [0.5, 0.6) is 0 Å². The minimum atomic E-state index is -0.810. The summed E-state index contributed by atoms with van der Waals surface area (Å²) in [6.07, 6.45) is 1.87. The molecule has 0 aromatic carbocycles. The smallest absolute Gasteiger partial charge is 0.318 e. The number of aliphatic carboxylic acids is 1. The van der Waals surface area contributed by atoms with Crippen molar-refractivity contribution < 1.29 is 9.90 Å². The van der Waals surface area contributed by atoms with Gasteiger partial charge in [0.15, 0.2) is 0 Å². The second-order valence-corrected chi connectivity index (χ2v) is 4.21. The highest BCUT2D eigenvalue weighted by molar-refractivity contribution is 9.12. The van der Waals surface area contributed by atoms with Crippen LogP contribution >= 0.6 is 31.9 Å². The number of carboxylic acid groups (broad SMARTS) is 1. The molecular weight excluding hydrogens is 264 g/mol. The van der Waals surface area contributed by atoms with E-state index in [4.69, 9.17) is 5.11 Å². The van der Waals surface area contributed by atoms with E-state index < -0.39 is 10.8 Å². The number of alkyl halides is 2. The van der Waals surface area contributed by atoms with Gasteiger partial charge in [-0.15, -0.1) is 0 Å². The zero-order valence-corrected chi connectivity index (χ0v) is 8.85. The predicted octanol–water partition coefficient (Wildman–Crippen LogP) is 2.40. The average molecular weight is 274 g/mol. The summed E-state index contributed by atoms with van der Waals surface area (Å²) in [5, 5.41) is 8.50. The molecule has 0 aliphatic rings. The third kappa shape index (κ3) is 3.56. The lowest BCUT2D eigenvalue weighted by molar-refractivity contribution is -0.136. The van der Waals surface area contributed by atoms with Gasteiger partial charge < -0.3 is 5.11 Å². The van der Waals surface area contributed by atoms with E-state index in [0.717, 1.165) is 12.8 Å². The lowest BCUT2D eigenvalue weighted by atomic mass is 10.2. The third-order valence-electron chi connectivity index (χ3n) is 1.12. The van der Waals surface area contributed by atoms with Crippen LogP contribution in [0.4, 0.5) is 0 Å². The van der Waals surface area contributed by atoms with Crippen molar-refractivity contribution in [1.82, 2.24) is 0 Å². The Morgan fingerprint density at radius 2 is 2.10 bits per heavy atom. The van der Waals surface area contributed by atoms with Crippen molar-refractivity contribution in [3.05, 3.63) is 0 Å². The van der Waals surface area contributed by atoms with Crippen LogP contribution in [0.15, 0.2) is 0 Å². The number of hydrogen-bond donors (Lipinski definition) is 1. The molecule has 2 atom stereocenters. The van der Waals surface area contributed by atoms with Crippen molar-refractivity contribution in [2.75, 3.05) is 0 Å². The first kappa shape index (κ1) is 10.4. The largest absolute Gasteiger partial charge is 0.480 e. The van der Waals surface area contributed by atoms with Crippen molar-refractivity contribution in [1.29, 1.82) is 0 Å². The molecule has 0 aromatic heterocycles. The van der Waals surface area contributed by atoms with Gasteiger partial charge in [0.1, 0.15) is 4.83 Å². The van der Waals surface area contributed by atoms with E-state index >= 15 is 0 Å².